The van der Waals surface area contributed by atoms with E-state index in [4.69, 9.17) is 11.5 Å². The molecule has 0 amide bonds. The van der Waals surface area contributed by atoms with Crippen molar-refractivity contribution in [3.8, 4) is 0 Å². The maximum Gasteiger partial charge on any atom is 0.0780 e. The minimum absolute atomic E-state index is 0.00288. The van der Waals surface area contributed by atoms with Crippen molar-refractivity contribution in [3.05, 3.63) is 60.0 Å². The fourth-order valence-electron chi connectivity index (χ4n) is 2.37. The highest BCUT2D eigenvalue weighted by Crippen LogP contribution is 2.33. The van der Waals surface area contributed by atoms with Gasteiger partial charge in [-0.3, -0.25) is 4.98 Å². The third kappa shape index (κ3) is 1.95. The van der Waals surface area contributed by atoms with Gasteiger partial charge in [-0.25, -0.2) is 4.98 Å². The van der Waals surface area contributed by atoms with Gasteiger partial charge in [-0.15, -0.1) is 0 Å². The van der Waals surface area contributed by atoms with Crippen molar-refractivity contribution < 1.29 is 0 Å². The van der Waals surface area contributed by atoms with Gasteiger partial charge in [-0.1, -0.05) is 31.2 Å². The second-order valence-corrected chi connectivity index (χ2v) is 4.82. The average molecular weight is 264 g/mol. The molecule has 0 aliphatic rings. The Morgan fingerprint density at radius 2 is 1.70 bits per heavy atom. The van der Waals surface area contributed by atoms with Gasteiger partial charge < -0.3 is 11.5 Å². The zero-order valence-corrected chi connectivity index (χ0v) is 11.2. The van der Waals surface area contributed by atoms with E-state index in [1.165, 1.54) is 0 Å². The summed E-state index contributed by atoms with van der Waals surface area (Å²) < 4.78 is 0. The second kappa shape index (κ2) is 4.81. The van der Waals surface area contributed by atoms with Crippen molar-refractivity contribution in [2.24, 2.45) is 0 Å². The Hall–Kier alpha value is -2.62. The van der Waals surface area contributed by atoms with Crippen molar-refractivity contribution in [3.63, 3.8) is 0 Å². The van der Waals surface area contributed by atoms with Crippen LogP contribution in [-0.2, 0) is 0 Å². The molecule has 0 aliphatic carbocycles. The van der Waals surface area contributed by atoms with Crippen molar-refractivity contribution in [1.29, 1.82) is 0 Å². The molecular weight excluding hydrogens is 248 g/mol. The van der Waals surface area contributed by atoms with Gasteiger partial charge in [0.05, 0.1) is 22.6 Å². The van der Waals surface area contributed by atoms with Crippen LogP contribution in [0.4, 0.5) is 11.4 Å². The summed E-state index contributed by atoms with van der Waals surface area (Å²) in [6.07, 6.45) is 1.77. The molecule has 2 heterocycles. The minimum atomic E-state index is 0.00288. The fourth-order valence-corrected chi connectivity index (χ4v) is 2.37. The van der Waals surface area contributed by atoms with Crippen LogP contribution in [0.15, 0.2) is 48.7 Å². The van der Waals surface area contributed by atoms with Gasteiger partial charge in [0, 0.05) is 23.2 Å². The summed E-state index contributed by atoms with van der Waals surface area (Å²) in [5.74, 6) is 0.00288. The fraction of sp³-hybridized carbons (Fsp3) is 0.125. The summed E-state index contributed by atoms with van der Waals surface area (Å²) in [7, 11) is 0. The molecule has 2 aromatic heterocycles. The van der Waals surface area contributed by atoms with E-state index in [2.05, 4.69) is 9.97 Å². The Morgan fingerprint density at radius 3 is 2.45 bits per heavy atom. The van der Waals surface area contributed by atoms with Crippen LogP contribution in [0.3, 0.4) is 0 Å². The van der Waals surface area contributed by atoms with Gasteiger partial charge in [-0.2, -0.15) is 0 Å². The van der Waals surface area contributed by atoms with Gasteiger partial charge in [-0.05, 0) is 18.2 Å². The molecule has 0 fully saturated rings. The summed E-state index contributed by atoms with van der Waals surface area (Å²) in [5.41, 5.74) is 16.0. The maximum absolute atomic E-state index is 6.17. The quantitative estimate of drug-likeness (QED) is 0.746. The number of nitrogens with two attached hydrogens (primary N) is 2. The lowest BCUT2D eigenvalue weighted by Crippen LogP contribution is -2.08. The molecule has 4 heteroatoms. The molecule has 1 aromatic carbocycles. The summed E-state index contributed by atoms with van der Waals surface area (Å²) in [4.78, 5) is 9.04. The maximum atomic E-state index is 6.17. The van der Waals surface area contributed by atoms with Gasteiger partial charge in [0.1, 0.15) is 0 Å². The zero-order chi connectivity index (χ0) is 14.1. The number of pyridine rings is 2. The number of para-hydroxylation sites is 1. The highest BCUT2D eigenvalue weighted by Gasteiger charge is 2.17. The first-order chi connectivity index (χ1) is 9.68. The van der Waals surface area contributed by atoms with E-state index >= 15 is 0 Å². The Morgan fingerprint density at radius 1 is 0.950 bits per heavy atom. The van der Waals surface area contributed by atoms with Gasteiger partial charge in [0.2, 0.25) is 0 Å². The predicted octanol–water partition coefficient (Wildman–Crippen LogP) is 2.95. The molecule has 100 valence electrons. The summed E-state index contributed by atoms with van der Waals surface area (Å²) in [6.45, 7) is 2.04. The predicted molar refractivity (Wildman–Crippen MR) is 82.3 cm³/mol. The number of nitrogens with zero attached hydrogens (tertiary/aromatic N) is 2. The van der Waals surface area contributed by atoms with Crippen molar-refractivity contribution in [2.45, 2.75) is 12.8 Å². The Labute approximate surface area is 117 Å². The van der Waals surface area contributed by atoms with E-state index in [1.807, 2.05) is 49.4 Å². The van der Waals surface area contributed by atoms with E-state index in [0.717, 1.165) is 22.3 Å². The number of nitrogen functional groups attached to an aromatic ring is 2. The van der Waals surface area contributed by atoms with E-state index in [9.17, 15) is 0 Å². The topological polar surface area (TPSA) is 77.8 Å². The third-order valence-electron chi connectivity index (χ3n) is 3.54. The van der Waals surface area contributed by atoms with Gasteiger partial charge in [0.15, 0.2) is 0 Å². The summed E-state index contributed by atoms with van der Waals surface area (Å²) in [6, 6.07) is 13.6. The molecule has 20 heavy (non-hydrogen) atoms. The van der Waals surface area contributed by atoms with Crippen LogP contribution >= 0.6 is 0 Å². The van der Waals surface area contributed by atoms with Crippen LogP contribution in [0.2, 0.25) is 0 Å². The summed E-state index contributed by atoms with van der Waals surface area (Å²) in [5, 5.41) is 0.891. The van der Waals surface area contributed by atoms with Crippen molar-refractivity contribution in [2.75, 3.05) is 11.5 Å². The van der Waals surface area contributed by atoms with E-state index in [0.29, 0.717) is 11.4 Å². The van der Waals surface area contributed by atoms with Crippen molar-refractivity contribution in [1.82, 2.24) is 9.97 Å². The Bertz CT molecular complexity index is 753. The molecular formula is C16H16N4. The monoisotopic (exact) mass is 264 g/mol. The molecule has 0 spiro atoms. The van der Waals surface area contributed by atoms with Crippen LogP contribution < -0.4 is 11.5 Å². The normalized spacial score (nSPS) is 12.4. The highest BCUT2D eigenvalue weighted by atomic mass is 14.8. The standard InChI is InChI=1S/C16H16N4/c1-10(12-7-4-5-9-19-12)16-15(18)14(17)11-6-2-3-8-13(11)20-16/h2-10H,18H2,1H3,(H2,17,20)/t10-/m1/s1. The molecule has 4 N–H and O–H groups in total. The number of fused-ring (bicyclic) bond motifs is 1. The van der Waals surface area contributed by atoms with E-state index in [1.54, 1.807) is 6.20 Å². The lowest BCUT2D eigenvalue weighted by molar-refractivity contribution is 0.843. The largest absolute Gasteiger partial charge is 0.396 e. The highest BCUT2D eigenvalue weighted by molar-refractivity contribution is 5.96. The van der Waals surface area contributed by atoms with Gasteiger partial charge >= 0.3 is 0 Å². The Balaban J connectivity index is 2.19. The number of rotatable bonds is 2. The van der Waals surface area contributed by atoms with Crippen LogP contribution in [0.25, 0.3) is 10.9 Å². The number of benzene rings is 1. The lowest BCUT2D eigenvalue weighted by atomic mass is 9.99. The molecule has 0 saturated carbocycles. The minimum Gasteiger partial charge on any atom is -0.396 e. The SMILES string of the molecule is C[C@H](c1ccccn1)c1nc2ccccc2c(N)c1N. The van der Waals surface area contributed by atoms with Crippen LogP contribution in [-0.4, -0.2) is 9.97 Å². The molecule has 0 saturated heterocycles. The van der Waals surface area contributed by atoms with Crippen molar-refractivity contribution >= 4 is 22.3 Å². The van der Waals surface area contributed by atoms with Crippen LogP contribution in [0.1, 0.15) is 24.2 Å². The molecule has 1 atom stereocenters. The van der Waals surface area contributed by atoms with E-state index < -0.39 is 0 Å². The number of hydrogen-bond acceptors (Lipinski definition) is 4. The number of aromatic nitrogens is 2. The first-order valence-electron chi connectivity index (χ1n) is 6.53. The molecule has 3 rings (SSSR count). The molecule has 4 nitrogen and oxygen atoms in total. The molecule has 0 unspecified atom stereocenters. The first kappa shape index (κ1) is 12.4. The van der Waals surface area contributed by atoms with Crippen LogP contribution in [0, 0.1) is 0 Å². The molecule has 3 aromatic rings. The number of hydrogen-bond donors (Lipinski definition) is 2. The zero-order valence-electron chi connectivity index (χ0n) is 11.2. The number of anilines is 2. The third-order valence-corrected chi connectivity index (χ3v) is 3.54. The van der Waals surface area contributed by atoms with Crippen LogP contribution in [0.5, 0.6) is 0 Å². The molecule has 0 radical (unpaired) electrons. The lowest BCUT2D eigenvalue weighted by Gasteiger charge is -2.16. The van der Waals surface area contributed by atoms with E-state index in [-0.39, 0.29) is 5.92 Å². The average Bonchev–Trinajstić information content (AvgIpc) is 2.51. The first-order valence-corrected chi connectivity index (χ1v) is 6.53. The van der Waals surface area contributed by atoms with Gasteiger partial charge in [0.25, 0.3) is 0 Å². The molecule has 0 aliphatic heterocycles. The Kier molecular flexibility index (Phi) is 2.99. The second-order valence-electron chi connectivity index (χ2n) is 4.82. The smallest absolute Gasteiger partial charge is 0.0780 e. The molecule has 0 bridgehead atoms. The summed E-state index contributed by atoms with van der Waals surface area (Å²) >= 11 is 0.